The molecule has 0 aliphatic carbocycles. The van der Waals surface area contributed by atoms with Crippen LogP contribution in [0.25, 0.3) is 0 Å². The van der Waals surface area contributed by atoms with E-state index < -0.39 is 0 Å². The highest BCUT2D eigenvalue weighted by Crippen LogP contribution is 2.21. The van der Waals surface area contributed by atoms with Gasteiger partial charge in [-0.15, -0.1) is 0 Å². The highest BCUT2D eigenvalue weighted by atomic mass is 79.9. The van der Waals surface area contributed by atoms with E-state index in [2.05, 4.69) is 46.4 Å². The van der Waals surface area contributed by atoms with Gasteiger partial charge in [-0.2, -0.15) is 11.8 Å². The van der Waals surface area contributed by atoms with Gasteiger partial charge in [-0.05, 0) is 40.2 Å². The largest absolute Gasteiger partial charge is 0.383 e. The summed E-state index contributed by atoms with van der Waals surface area (Å²) in [5.74, 6) is 2.48. The molecule has 0 aliphatic heterocycles. The van der Waals surface area contributed by atoms with E-state index >= 15 is 0 Å². The molecule has 0 aliphatic rings. The molecule has 0 amide bonds. The lowest BCUT2D eigenvalue weighted by Gasteiger charge is -2.07. The number of rotatable bonds is 8. The van der Waals surface area contributed by atoms with Crippen molar-refractivity contribution in [1.29, 1.82) is 0 Å². The standard InChI is InChI=1S/C13H20BrNS/c1-2-3-6-10-16-11-9-15-13-8-5-4-7-12(13)14/h4-5,7-8,15H,2-3,6,9-11H2,1H3. The van der Waals surface area contributed by atoms with Crippen LogP contribution < -0.4 is 5.32 Å². The van der Waals surface area contributed by atoms with Crippen molar-refractivity contribution >= 4 is 33.4 Å². The van der Waals surface area contributed by atoms with Crippen LogP contribution in [0.3, 0.4) is 0 Å². The Balaban J connectivity index is 2.05. The molecule has 0 saturated heterocycles. The second kappa shape index (κ2) is 8.94. The van der Waals surface area contributed by atoms with E-state index in [-0.39, 0.29) is 0 Å². The van der Waals surface area contributed by atoms with Crippen molar-refractivity contribution < 1.29 is 0 Å². The molecule has 3 heteroatoms. The van der Waals surface area contributed by atoms with Gasteiger partial charge in [0.2, 0.25) is 0 Å². The van der Waals surface area contributed by atoms with E-state index in [1.807, 2.05) is 17.8 Å². The molecule has 0 spiro atoms. The summed E-state index contributed by atoms with van der Waals surface area (Å²) in [6, 6.07) is 8.26. The normalized spacial score (nSPS) is 10.4. The molecule has 0 atom stereocenters. The highest BCUT2D eigenvalue weighted by molar-refractivity contribution is 9.10. The van der Waals surface area contributed by atoms with Crippen LogP contribution in [0.4, 0.5) is 5.69 Å². The quantitative estimate of drug-likeness (QED) is 0.693. The maximum atomic E-state index is 3.53. The lowest BCUT2D eigenvalue weighted by atomic mass is 10.3. The Bertz CT molecular complexity index is 291. The molecule has 0 fully saturated rings. The smallest absolute Gasteiger partial charge is 0.0484 e. The molecule has 0 aromatic heterocycles. The lowest BCUT2D eigenvalue weighted by molar-refractivity contribution is 0.778. The van der Waals surface area contributed by atoms with Gasteiger partial charge < -0.3 is 5.32 Å². The van der Waals surface area contributed by atoms with E-state index in [1.54, 1.807) is 0 Å². The predicted molar refractivity (Wildman–Crippen MR) is 79.5 cm³/mol. The van der Waals surface area contributed by atoms with Crippen LogP contribution in [-0.4, -0.2) is 18.1 Å². The molecule has 0 radical (unpaired) electrons. The molecule has 0 heterocycles. The highest BCUT2D eigenvalue weighted by Gasteiger charge is 1.96. The first-order valence-corrected chi connectivity index (χ1v) is 7.85. The van der Waals surface area contributed by atoms with E-state index in [0.717, 1.165) is 11.0 Å². The van der Waals surface area contributed by atoms with Crippen LogP contribution in [0, 0.1) is 0 Å². The topological polar surface area (TPSA) is 12.0 Å². The van der Waals surface area contributed by atoms with Crippen molar-refractivity contribution in [2.75, 3.05) is 23.4 Å². The van der Waals surface area contributed by atoms with Crippen molar-refractivity contribution in [2.24, 2.45) is 0 Å². The minimum atomic E-state index is 1.04. The van der Waals surface area contributed by atoms with Gasteiger partial charge in [0.15, 0.2) is 0 Å². The summed E-state index contributed by atoms with van der Waals surface area (Å²) in [5, 5.41) is 3.44. The first-order chi connectivity index (χ1) is 7.84. The first kappa shape index (κ1) is 13.9. The SMILES string of the molecule is CCCCCSCCNc1ccccc1Br. The van der Waals surface area contributed by atoms with Crippen molar-refractivity contribution in [2.45, 2.75) is 26.2 Å². The minimum Gasteiger partial charge on any atom is -0.383 e. The molecule has 1 N–H and O–H groups in total. The Kier molecular flexibility index (Phi) is 7.77. The van der Waals surface area contributed by atoms with Crippen molar-refractivity contribution in [3.05, 3.63) is 28.7 Å². The van der Waals surface area contributed by atoms with E-state index in [4.69, 9.17) is 0 Å². The van der Waals surface area contributed by atoms with Crippen LogP contribution in [0.2, 0.25) is 0 Å². The fourth-order valence-corrected chi connectivity index (χ4v) is 2.70. The average Bonchev–Trinajstić information content (AvgIpc) is 2.30. The summed E-state index contributed by atoms with van der Waals surface area (Å²) >= 11 is 5.57. The first-order valence-electron chi connectivity index (χ1n) is 5.90. The molecule has 0 unspecified atom stereocenters. The van der Waals surface area contributed by atoms with Crippen LogP contribution in [0.5, 0.6) is 0 Å². The number of halogens is 1. The van der Waals surface area contributed by atoms with Crippen LogP contribution in [0.1, 0.15) is 26.2 Å². The number of unbranched alkanes of at least 4 members (excludes halogenated alkanes) is 2. The second-order valence-corrected chi connectivity index (χ2v) is 5.81. The number of hydrogen-bond donors (Lipinski definition) is 1. The van der Waals surface area contributed by atoms with Crippen molar-refractivity contribution in [3.63, 3.8) is 0 Å². The van der Waals surface area contributed by atoms with Crippen molar-refractivity contribution in [1.82, 2.24) is 0 Å². The number of hydrogen-bond acceptors (Lipinski definition) is 2. The zero-order chi connectivity index (χ0) is 11.6. The number of benzene rings is 1. The van der Waals surface area contributed by atoms with Gasteiger partial charge in [-0.1, -0.05) is 31.9 Å². The molecule has 1 nitrogen and oxygen atoms in total. The summed E-state index contributed by atoms with van der Waals surface area (Å²) < 4.78 is 1.14. The Morgan fingerprint density at radius 3 is 2.75 bits per heavy atom. The molecule has 0 bridgehead atoms. The fourth-order valence-electron chi connectivity index (χ4n) is 1.42. The Morgan fingerprint density at radius 1 is 1.19 bits per heavy atom. The molecule has 16 heavy (non-hydrogen) atoms. The summed E-state index contributed by atoms with van der Waals surface area (Å²) in [4.78, 5) is 0. The van der Waals surface area contributed by atoms with Gasteiger partial charge in [0.25, 0.3) is 0 Å². The summed E-state index contributed by atoms with van der Waals surface area (Å²) in [5.41, 5.74) is 1.19. The minimum absolute atomic E-state index is 1.04. The van der Waals surface area contributed by atoms with E-state index in [1.165, 1.54) is 36.5 Å². The van der Waals surface area contributed by atoms with Crippen LogP contribution >= 0.6 is 27.7 Å². The molecular formula is C13H20BrNS. The summed E-state index contributed by atoms with van der Waals surface area (Å²) in [7, 11) is 0. The third kappa shape index (κ3) is 5.80. The number of anilines is 1. The van der Waals surface area contributed by atoms with E-state index in [0.29, 0.717) is 0 Å². The van der Waals surface area contributed by atoms with E-state index in [9.17, 15) is 0 Å². The zero-order valence-electron chi connectivity index (χ0n) is 9.84. The lowest BCUT2D eigenvalue weighted by Crippen LogP contribution is -2.04. The summed E-state index contributed by atoms with van der Waals surface area (Å²) in [6.45, 7) is 3.29. The third-order valence-electron chi connectivity index (χ3n) is 2.33. The average molecular weight is 302 g/mol. The number of thioether (sulfide) groups is 1. The van der Waals surface area contributed by atoms with Crippen LogP contribution in [0.15, 0.2) is 28.7 Å². The Hall–Kier alpha value is -0.150. The molecule has 1 aromatic rings. The predicted octanol–water partition coefficient (Wildman–Crippen LogP) is 4.78. The zero-order valence-corrected chi connectivity index (χ0v) is 12.2. The van der Waals surface area contributed by atoms with Gasteiger partial charge in [0.1, 0.15) is 0 Å². The molecule has 0 saturated carbocycles. The van der Waals surface area contributed by atoms with Gasteiger partial charge in [-0.3, -0.25) is 0 Å². The van der Waals surface area contributed by atoms with Crippen LogP contribution in [-0.2, 0) is 0 Å². The Morgan fingerprint density at radius 2 is 2.00 bits per heavy atom. The second-order valence-electron chi connectivity index (χ2n) is 3.73. The molecular weight excluding hydrogens is 282 g/mol. The maximum Gasteiger partial charge on any atom is 0.0484 e. The van der Waals surface area contributed by atoms with Gasteiger partial charge in [0.05, 0.1) is 0 Å². The molecule has 1 rings (SSSR count). The monoisotopic (exact) mass is 301 g/mol. The molecule has 1 aromatic carbocycles. The molecule has 90 valence electrons. The Labute approximate surface area is 112 Å². The number of para-hydroxylation sites is 1. The number of nitrogens with one attached hydrogen (secondary N) is 1. The van der Waals surface area contributed by atoms with Gasteiger partial charge >= 0.3 is 0 Å². The summed E-state index contributed by atoms with van der Waals surface area (Å²) in [6.07, 6.45) is 4.04. The maximum absolute atomic E-state index is 3.53. The van der Waals surface area contributed by atoms with Crippen molar-refractivity contribution in [3.8, 4) is 0 Å². The third-order valence-corrected chi connectivity index (χ3v) is 4.09. The van der Waals surface area contributed by atoms with Gasteiger partial charge in [-0.25, -0.2) is 0 Å². The van der Waals surface area contributed by atoms with Gasteiger partial charge in [0, 0.05) is 22.5 Å². The fraction of sp³-hybridized carbons (Fsp3) is 0.538.